The van der Waals surface area contributed by atoms with Gasteiger partial charge in [0, 0.05) is 10.7 Å². The van der Waals surface area contributed by atoms with Gasteiger partial charge in [-0.1, -0.05) is 0 Å². The third kappa shape index (κ3) is 3.05. The molecule has 0 saturated heterocycles. The van der Waals surface area contributed by atoms with E-state index in [-0.39, 0.29) is 0 Å². The number of hydrazine groups is 1. The highest BCUT2D eigenvalue weighted by atomic mass is 79.9. The number of nitrogens with one attached hydrogen (secondary N) is 3. The molecule has 0 fully saturated rings. The average molecular weight is 326 g/mol. The smallest absolute Gasteiger partial charge is 0.286 e. The van der Waals surface area contributed by atoms with E-state index in [1.165, 1.54) is 0 Å². The van der Waals surface area contributed by atoms with Crippen LogP contribution in [0.4, 0.5) is 0 Å². The van der Waals surface area contributed by atoms with Crippen molar-refractivity contribution in [2.45, 2.75) is 13.8 Å². The number of carbonyl (C=O) groups excluding carboxylic acids is 2. The summed E-state index contributed by atoms with van der Waals surface area (Å²) >= 11 is 3.22. The van der Waals surface area contributed by atoms with Crippen molar-refractivity contribution in [3.05, 3.63) is 45.6 Å². The predicted molar refractivity (Wildman–Crippen MR) is 71.6 cm³/mol. The summed E-state index contributed by atoms with van der Waals surface area (Å²) in [5, 5.41) is 0. The van der Waals surface area contributed by atoms with Gasteiger partial charge in [-0.3, -0.25) is 20.4 Å². The van der Waals surface area contributed by atoms with Gasteiger partial charge in [0.15, 0.2) is 0 Å². The molecule has 6 nitrogen and oxygen atoms in total. The summed E-state index contributed by atoms with van der Waals surface area (Å²) < 4.78 is 6.00. The minimum Gasteiger partial charge on any atom is -0.466 e. The molecule has 0 aliphatic carbocycles. The zero-order valence-electron chi connectivity index (χ0n) is 10.3. The van der Waals surface area contributed by atoms with Crippen LogP contribution in [0.5, 0.6) is 0 Å². The van der Waals surface area contributed by atoms with Crippen LogP contribution in [0.3, 0.4) is 0 Å². The molecule has 2 aromatic rings. The van der Waals surface area contributed by atoms with Crippen molar-refractivity contribution in [3.63, 3.8) is 0 Å². The van der Waals surface area contributed by atoms with Crippen molar-refractivity contribution in [2.75, 3.05) is 0 Å². The van der Waals surface area contributed by atoms with Crippen molar-refractivity contribution in [2.24, 2.45) is 0 Å². The standard InChI is InChI=1S/C12H12BrN3O3/c1-6-3-9(7(2)19-6)11(17)15-16-12(18)10-4-8(13)5-14-10/h3-5,14H,1-2H3,(H,15,17)(H,16,18). The summed E-state index contributed by atoms with van der Waals surface area (Å²) in [6.07, 6.45) is 1.63. The van der Waals surface area contributed by atoms with Crippen LogP contribution < -0.4 is 10.9 Å². The van der Waals surface area contributed by atoms with Crippen LogP contribution in [0, 0.1) is 13.8 Å². The van der Waals surface area contributed by atoms with E-state index in [0.29, 0.717) is 22.8 Å². The number of rotatable bonds is 2. The van der Waals surface area contributed by atoms with Gasteiger partial charge in [0.05, 0.1) is 5.56 Å². The van der Waals surface area contributed by atoms with Gasteiger partial charge in [-0.25, -0.2) is 0 Å². The Bertz CT molecular complexity index is 630. The first kappa shape index (κ1) is 13.4. The Hall–Kier alpha value is -2.02. The Kier molecular flexibility index (Phi) is 3.75. The zero-order chi connectivity index (χ0) is 14.0. The van der Waals surface area contributed by atoms with E-state index < -0.39 is 11.8 Å². The highest BCUT2D eigenvalue weighted by Gasteiger charge is 2.15. The Labute approximate surface area is 117 Å². The first-order valence-corrected chi connectivity index (χ1v) is 6.28. The lowest BCUT2D eigenvalue weighted by molar-refractivity contribution is 0.0843. The second kappa shape index (κ2) is 5.31. The molecule has 0 aromatic carbocycles. The maximum Gasteiger partial charge on any atom is 0.286 e. The van der Waals surface area contributed by atoms with Crippen LogP contribution in [-0.4, -0.2) is 16.8 Å². The molecule has 7 heteroatoms. The van der Waals surface area contributed by atoms with Crippen molar-refractivity contribution in [3.8, 4) is 0 Å². The van der Waals surface area contributed by atoms with Crippen LogP contribution in [-0.2, 0) is 0 Å². The van der Waals surface area contributed by atoms with Gasteiger partial charge in [0.1, 0.15) is 17.2 Å². The van der Waals surface area contributed by atoms with Gasteiger partial charge in [0.25, 0.3) is 11.8 Å². The predicted octanol–water partition coefficient (Wildman–Crippen LogP) is 2.06. The quantitative estimate of drug-likeness (QED) is 0.738. The summed E-state index contributed by atoms with van der Waals surface area (Å²) in [6, 6.07) is 3.22. The highest BCUT2D eigenvalue weighted by Crippen LogP contribution is 2.13. The summed E-state index contributed by atoms with van der Waals surface area (Å²) in [4.78, 5) is 26.3. The van der Waals surface area contributed by atoms with Crippen LogP contribution in [0.15, 0.2) is 27.2 Å². The third-order valence-electron chi connectivity index (χ3n) is 2.47. The van der Waals surface area contributed by atoms with Crippen LogP contribution >= 0.6 is 15.9 Å². The number of aromatic nitrogens is 1. The fourth-order valence-corrected chi connectivity index (χ4v) is 1.95. The van der Waals surface area contributed by atoms with Gasteiger partial charge in [-0.05, 0) is 41.9 Å². The van der Waals surface area contributed by atoms with E-state index >= 15 is 0 Å². The minimum atomic E-state index is -0.433. The lowest BCUT2D eigenvalue weighted by Gasteiger charge is -2.05. The number of halogens is 1. The van der Waals surface area contributed by atoms with E-state index in [1.54, 1.807) is 32.2 Å². The van der Waals surface area contributed by atoms with Gasteiger partial charge in [-0.2, -0.15) is 0 Å². The Morgan fingerprint density at radius 1 is 1.21 bits per heavy atom. The number of carbonyl (C=O) groups is 2. The molecule has 100 valence electrons. The highest BCUT2D eigenvalue weighted by molar-refractivity contribution is 9.10. The van der Waals surface area contributed by atoms with Gasteiger partial charge >= 0.3 is 0 Å². The number of amides is 2. The average Bonchev–Trinajstić information content (AvgIpc) is 2.92. The number of hydrogen-bond donors (Lipinski definition) is 3. The molecule has 2 amide bonds. The van der Waals surface area contributed by atoms with Crippen LogP contribution in [0.1, 0.15) is 32.4 Å². The van der Waals surface area contributed by atoms with Crippen molar-refractivity contribution >= 4 is 27.7 Å². The first-order chi connectivity index (χ1) is 8.97. The molecule has 0 unspecified atom stereocenters. The Morgan fingerprint density at radius 3 is 2.42 bits per heavy atom. The van der Waals surface area contributed by atoms with E-state index in [4.69, 9.17) is 4.42 Å². The Morgan fingerprint density at radius 2 is 1.89 bits per heavy atom. The Balaban J connectivity index is 1.97. The van der Waals surface area contributed by atoms with E-state index in [0.717, 1.165) is 4.47 Å². The number of hydrogen-bond acceptors (Lipinski definition) is 3. The van der Waals surface area contributed by atoms with E-state index in [9.17, 15) is 9.59 Å². The summed E-state index contributed by atoms with van der Waals surface area (Å²) in [7, 11) is 0. The summed E-state index contributed by atoms with van der Waals surface area (Å²) in [5.74, 6) is 0.291. The lowest BCUT2D eigenvalue weighted by atomic mass is 10.2. The molecule has 0 spiro atoms. The fourth-order valence-electron chi connectivity index (χ4n) is 1.60. The number of H-pyrrole nitrogens is 1. The van der Waals surface area contributed by atoms with Gasteiger partial charge in [0.2, 0.25) is 0 Å². The molecule has 2 aromatic heterocycles. The van der Waals surface area contributed by atoms with Gasteiger partial charge in [-0.15, -0.1) is 0 Å². The lowest BCUT2D eigenvalue weighted by Crippen LogP contribution is -2.41. The fraction of sp³-hybridized carbons (Fsp3) is 0.167. The normalized spacial score (nSPS) is 10.3. The molecule has 0 aliphatic rings. The summed E-state index contributed by atoms with van der Waals surface area (Å²) in [6.45, 7) is 3.44. The molecule has 19 heavy (non-hydrogen) atoms. The monoisotopic (exact) mass is 325 g/mol. The van der Waals surface area contributed by atoms with E-state index in [1.807, 2.05) is 0 Å². The molecular formula is C12H12BrN3O3. The summed E-state index contributed by atoms with van der Waals surface area (Å²) in [5.41, 5.74) is 5.38. The molecule has 0 atom stereocenters. The molecule has 0 saturated carbocycles. The van der Waals surface area contributed by atoms with Crippen LogP contribution in [0.2, 0.25) is 0 Å². The molecule has 0 aliphatic heterocycles. The largest absolute Gasteiger partial charge is 0.466 e. The molecule has 0 radical (unpaired) electrons. The number of aromatic amines is 1. The number of furan rings is 1. The van der Waals surface area contributed by atoms with E-state index in [2.05, 4.69) is 31.8 Å². The molecule has 0 bridgehead atoms. The first-order valence-electron chi connectivity index (χ1n) is 5.49. The molecular weight excluding hydrogens is 314 g/mol. The second-order valence-electron chi connectivity index (χ2n) is 3.97. The van der Waals surface area contributed by atoms with Gasteiger partial charge < -0.3 is 9.40 Å². The zero-order valence-corrected chi connectivity index (χ0v) is 11.9. The van der Waals surface area contributed by atoms with Crippen molar-refractivity contribution in [1.29, 1.82) is 0 Å². The van der Waals surface area contributed by atoms with Crippen molar-refractivity contribution < 1.29 is 14.0 Å². The molecule has 3 N–H and O–H groups in total. The SMILES string of the molecule is Cc1cc(C(=O)NNC(=O)c2cc(Br)c[nH]2)c(C)o1. The third-order valence-corrected chi connectivity index (χ3v) is 2.93. The second-order valence-corrected chi connectivity index (χ2v) is 4.88. The molecule has 2 rings (SSSR count). The van der Waals surface area contributed by atoms with Crippen molar-refractivity contribution in [1.82, 2.24) is 15.8 Å². The number of aryl methyl sites for hydroxylation is 2. The minimum absolute atomic E-state index is 0.340. The molecule has 2 heterocycles. The maximum absolute atomic E-state index is 11.8. The maximum atomic E-state index is 11.8. The van der Waals surface area contributed by atoms with Crippen LogP contribution in [0.25, 0.3) is 0 Å². The topological polar surface area (TPSA) is 87.1 Å².